The molecule has 20 heavy (non-hydrogen) atoms. The predicted molar refractivity (Wildman–Crippen MR) is 72.8 cm³/mol. The molecule has 2 aromatic rings. The minimum atomic E-state index is -0.774. The van der Waals surface area contributed by atoms with E-state index in [0.717, 1.165) is 5.69 Å². The van der Waals surface area contributed by atoms with E-state index in [-0.39, 0.29) is 11.4 Å². The number of aryl methyl sites for hydroxylation is 1. The molecule has 104 valence electrons. The van der Waals surface area contributed by atoms with Crippen LogP contribution < -0.4 is 4.74 Å². The van der Waals surface area contributed by atoms with E-state index in [4.69, 9.17) is 4.74 Å². The highest BCUT2D eigenvalue weighted by Gasteiger charge is 2.18. The third-order valence-corrected chi connectivity index (χ3v) is 2.77. The Morgan fingerprint density at radius 2 is 2.10 bits per heavy atom. The van der Waals surface area contributed by atoms with Crippen molar-refractivity contribution in [1.82, 2.24) is 4.98 Å². The van der Waals surface area contributed by atoms with Gasteiger partial charge in [0.05, 0.1) is 17.2 Å². The van der Waals surface area contributed by atoms with Gasteiger partial charge in [-0.2, -0.15) is 0 Å². The van der Waals surface area contributed by atoms with E-state index < -0.39 is 11.0 Å². The molecule has 0 saturated carbocycles. The van der Waals surface area contributed by atoms with Crippen LogP contribution in [-0.2, 0) is 0 Å². The number of aromatic nitrogens is 1. The Labute approximate surface area is 115 Å². The molecule has 0 aliphatic heterocycles. The fraction of sp³-hybridized carbons (Fsp3) is 0.214. The summed E-state index contributed by atoms with van der Waals surface area (Å²) >= 11 is 0. The highest BCUT2D eigenvalue weighted by Crippen LogP contribution is 2.33. The average Bonchev–Trinajstić information content (AvgIpc) is 2.41. The highest BCUT2D eigenvalue weighted by molar-refractivity contribution is 5.50. The molecule has 6 heteroatoms. The first-order valence-electron chi connectivity index (χ1n) is 6.04. The first kappa shape index (κ1) is 14.0. The number of pyridine rings is 1. The maximum absolute atomic E-state index is 11.1. The van der Waals surface area contributed by atoms with Crippen LogP contribution in [0.4, 0.5) is 5.69 Å². The van der Waals surface area contributed by atoms with Gasteiger partial charge in [0, 0.05) is 11.8 Å². The van der Waals surface area contributed by atoms with Crippen molar-refractivity contribution in [3.05, 3.63) is 57.9 Å². The molecule has 1 heterocycles. The van der Waals surface area contributed by atoms with Crippen LogP contribution in [0.1, 0.15) is 24.3 Å². The fourth-order valence-corrected chi connectivity index (χ4v) is 1.66. The number of nitrogens with zero attached hydrogens (tertiary/aromatic N) is 2. The number of hydrogen-bond donors (Lipinski definition) is 1. The minimum absolute atomic E-state index is 0.116. The quantitative estimate of drug-likeness (QED) is 0.683. The van der Waals surface area contributed by atoms with E-state index in [0.29, 0.717) is 11.3 Å². The van der Waals surface area contributed by atoms with Crippen LogP contribution in [0, 0.1) is 17.0 Å². The maximum Gasteiger partial charge on any atom is 0.311 e. The zero-order chi connectivity index (χ0) is 14.7. The van der Waals surface area contributed by atoms with E-state index in [1.807, 2.05) is 6.92 Å². The molecule has 0 amide bonds. The van der Waals surface area contributed by atoms with Gasteiger partial charge in [0.25, 0.3) is 0 Å². The van der Waals surface area contributed by atoms with Crippen molar-refractivity contribution >= 4 is 5.69 Å². The summed E-state index contributed by atoms with van der Waals surface area (Å²) in [5.41, 5.74) is 1.10. The molecular formula is C14H14N2O4. The summed E-state index contributed by atoms with van der Waals surface area (Å²) in [5.74, 6) is 0.536. The lowest BCUT2D eigenvalue weighted by atomic mass is 10.1. The highest BCUT2D eigenvalue weighted by atomic mass is 16.6. The normalized spacial score (nSPS) is 11.9. The molecule has 1 N–H and O–H groups in total. The van der Waals surface area contributed by atoms with Gasteiger partial charge >= 0.3 is 5.69 Å². The number of rotatable bonds is 4. The maximum atomic E-state index is 11.1. The number of aliphatic hydroxyl groups is 1. The minimum Gasteiger partial charge on any atom is -0.449 e. The standard InChI is InChI=1S/C14H14N2O4/c1-9-3-5-12(8-15-9)20-14-6-4-11(10(2)17)7-13(14)16(18)19/h3-8,10,17H,1-2H3/t10-/m1/s1. The summed E-state index contributed by atoms with van der Waals surface area (Å²) < 4.78 is 5.47. The lowest BCUT2D eigenvalue weighted by molar-refractivity contribution is -0.385. The summed E-state index contributed by atoms with van der Waals surface area (Å²) in [6.45, 7) is 3.38. The zero-order valence-electron chi connectivity index (χ0n) is 11.1. The molecule has 0 aliphatic carbocycles. The largest absolute Gasteiger partial charge is 0.449 e. The molecule has 2 rings (SSSR count). The molecule has 1 atom stereocenters. The Morgan fingerprint density at radius 3 is 2.65 bits per heavy atom. The fourth-order valence-electron chi connectivity index (χ4n) is 1.66. The van der Waals surface area contributed by atoms with E-state index >= 15 is 0 Å². The second kappa shape index (κ2) is 5.66. The second-order valence-electron chi connectivity index (χ2n) is 4.40. The monoisotopic (exact) mass is 274 g/mol. The number of ether oxygens (including phenoxy) is 1. The second-order valence-corrected chi connectivity index (χ2v) is 4.40. The van der Waals surface area contributed by atoms with Gasteiger partial charge in [-0.15, -0.1) is 0 Å². The number of benzene rings is 1. The van der Waals surface area contributed by atoms with Gasteiger partial charge in [0.2, 0.25) is 5.75 Å². The number of nitro benzene ring substituents is 1. The SMILES string of the molecule is Cc1ccc(Oc2ccc([C@@H](C)O)cc2[N+](=O)[O-])cn1. The summed E-state index contributed by atoms with van der Waals surface area (Å²) in [6, 6.07) is 7.82. The van der Waals surface area contributed by atoms with Gasteiger partial charge in [-0.3, -0.25) is 15.1 Å². The third-order valence-electron chi connectivity index (χ3n) is 2.77. The Kier molecular flexibility index (Phi) is 3.95. The summed E-state index contributed by atoms with van der Waals surface area (Å²) in [7, 11) is 0. The van der Waals surface area contributed by atoms with Gasteiger partial charge in [0.1, 0.15) is 5.75 Å². The Bertz CT molecular complexity index is 624. The van der Waals surface area contributed by atoms with Crippen LogP contribution in [-0.4, -0.2) is 15.0 Å². The van der Waals surface area contributed by atoms with Crippen LogP contribution in [0.2, 0.25) is 0 Å². The summed E-state index contributed by atoms with van der Waals surface area (Å²) in [5, 5.41) is 20.5. The lowest BCUT2D eigenvalue weighted by Gasteiger charge is -2.09. The van der Waals surface area contributed by atoms with Crippen LogP contribution in [0.15, 0.2) is 36.5 Å². The van der Waals surface area contributed by atoms with Gasteiger partial charge < -0.3 is 9.84 Å². The van der Waals surface area contributed by atoms with Crippen molar-refractivity contribution in [2.45, 2.75) is 20.0 Å². The van der Waals surface area contributed by atoms with Crippen molar-refractivity contribution in [3.63, 3.8) is 0 Å². The van der Waals surface area contributed by atoms with Crippen LogP contribution in [0.5, 0.6) is 11.5 Å². The molecule has 1 aromatic heterocycles. The molecule has 0 radical (unpaired) electrons. The van der Waals surface area contributed by atoms with Crippen molar-refractivity contribution < 1.29 is 14.8 Å². The number of aliphatic hydroxyl groups excluding tert-OH is 1. The van der Waals surface area contributed by atoms with Gasteiger partial charge in [-0.05, 0) is 37.6 Å². The average molecular weight is 274 g/mol. The summed E-state index contributed by atoms with van der Waals surface area (Å²) in [6.07, 6.45) is 0.727. The molecule has 0 aliphatic rings. The van der Waals surface area contributed by atoms with Crippen molar-refractivity contribution in [3.8, 4) is 11.5 Å². The molecule has 0 fully saturated rings. The summed E-state index contributed by atoms with van der Waals surface area (Å²) in [4.78, 5) is 14.6. The molecule has 6 nitrogen and oxygen atoms in total. The first-order valence-corrected chi connectivity index (χ1v) is 6.04. The van der Waals surface area contributed by atoms with Gasteiger partial charge in [-0.1, -0.05) is 6.07 Å². The van der Waals surface area contributed by atoms with Gasteiger partial charge in [0.15, 0.2) is 0 Å². The van der Waals surface area contributed by atoms with Gasteiger partial charge in [-0.25, -0.2) is 0 Å². The third kappa shape index (κ3) is 3.10. The number of nitro groups is 1. The van der Waals surface area contributed by atoms with Crippen LogP contribution >= 0.6 is 0 Å². The van der Waals surface area contributed by atoms with Crippen molar-refractivity contribution in [1.29, 1.82) is 0 Å². The zero-order valence-corrected chi connectivity index (χ0v) is 11.1. The van der Waals surface area contributed by atoms with Crippen LogP contribution in [0.25, 0.3) is 0 Å². The molecule has 0 saturated heterocycles. The molecule has 0 unspecified atom stereocenters. The number of hydrogen-bond acceptors (Lipinski definition) is 5. The van der Waals surface area contributed by atoms with E-state index in [1.165, 1.54) is 18.3 Å². The van der Waals surface area contributed by atoms with Crippen molar-refractivity contribution in [2.24, 2.45) is 0 Å². The lowest BCUT2D eigenvalue weighted by Crippen LogP contribution is -1.97. The van der Waals surface area contributed by atoms with E-state index in [2.05, 4.69) is 4.98 Å². The van der Waals surface area contributed by atoms with E-state index in [1.54, 1.807) is 25.1 Å². The van der Waals surface area contributed by atoms with E-state index in [9.17, 15) is 15.2 Å². The topological polar surface area (TPSA) is 85.5 Å². The molecule has 0 spiro atoms. The van der Waals surface area contributed by atoms with Crippen LogP contribution in [0.3, 0.4) is 0 Å². The Hall–Kier alpha value is -2.47. The molecule has 1 aromatic carbocycles. The smallest absolute Gasteiger partial charge is 0.311 e. The first-order chi connectivity index (χ1) is 9.47. The molecule has 0 bridgehead atoms. The van der Waals surface area contributed by atoms with Crippen molar-refractivity contribution in [2.75, 3.05) is 0 Å². The Balaban J connectivity index is 2.35. The molecular weight excluding hydrogens is 260 g/mol. The Morgan fingerprint density at radius 1 is 1.35 bits per heavy atom. The predicted octanol–water partition coefficient (Wildman–Crippen LogP) is 3.14.